The molecule has 2 heterocycles. The molecule has 130 valence electrons. The topological polar surface area (TPSA) is 41.1 Å². The molecule has 0 amide bonds. The van der Waals surface area contributed by atoms with E-state index < -0.39 is 0 Å². The van der Waals surface area contributed by atoms with Gasteiger partial charge in [-0.05, 0) is 55.6 Å². The summed E-state index contributed by atoms with van der Waals surface area (Å²) in [7, 11) is 0. The van der Waals surface area contributed by atoms with Crippen LogP contribution in [0.1, 0.15) is 62.4 Å². The lowest BCUT2D eigenvalue weighted by atomic mass is 10.0. The van der Waals surface area contributed by atoms with Gasteiger partial charge in [0, 0.05) is 12.5 Å². The molecular weight excluding hydrogens is 298 g/mol. The van der Waals surface area contributed by atoms with Gasteiger partial charge in [0.15, 0.2) is 0 Å². The van der Waals surface area contributed by atoms with Crippen LogP contribution in [-0.2, 0) is 6.61 Å². The Morgan fingerprint density at radius 1 is 1.29 bits per heavy atom. The van der Waals surface area contributed by atoms with Crippen molar-refractivity contribution in [2.45, 2.75) is 52.1 Å². The van der Waals surface area contributed by atoms with E-state index in [-0.39, 0.29) is 0 Å². The summed E-state index contributed by atoms with van der Waals surface area (Å²) in [4.78, 5) is 2.53. The summed E-state index contributed by atoms with van der Waals surface area (Å²) in [6.07, 6.45) is 2.43. The van der Waals surface area contributed by atoms with Crippen molar-refractivity contribution in [1.29, 1.82) is 0 Å². The lowest BCUT2D eigenvalue weighted by molar-refractivity contribution is 0.301. The Balaban J connectivity index is 1.53. The number of nitrogens with one attached hydrogen (secondary N) is 1. The molecule has 0 unspecified atom stereocenters. The van der Waals surface area contributed by atoms with E-state index in [0.29, 0.717) is 18.4 Å². The van der Waals surface area contributed by atoms with E-state index >= 15 is 0 Å². The Morgan fingerprint density at radius 2 is 2.08 bits per heavy atom. The first-order valence-corrected chi connectivity index (χ1v) is 9.15. The largest absolute Gasteiger partial charge is 0.487 e. The van der Waals surface area contributed by atoms with Gasteiger partial charge in [0.25, 0.3) is 0 Å². The SMILES string of the molecule is CCCN1CC[C@H](c2cc(COc3ccc(C(C)C)cc3)[nH]n2)C1. The number of H-pyrrole nitrogens is 1. The molecule has 1 aliphatic heterocycles. The fourth-order valence-corrected chi connectivity index (χ4v) is 3.37. The Bertz CT molecular complexity index is 633. The normalized spacial score (nSPS) is 18.4. The van der Waals surface area contributed by atoms with Crippen molar-refractivity contribution in [2.24, 2.45) is 0 Å². The molecule has 1 aliphatic rings. The molecule has 1 N–H and O–H groups in total. The summed E-state index contributed by atoms with van der Waals surface area (Å²) < 4.78 is 5.88. The maximum atomic E-state index is 5.88. The lowest BCUT2D eigenvalue weighted by Crippen LogP contribution is -2.20. The van der Waals surface area contributed by atoms with Gasteiger partial charge in [-0.2, -0.15) is 5.10 Å². The second kappa shape index (κ2) is 7.84. The van der Waals surface area contributed by atoms with E-state index in [4.69, 9.17) is 4.74 Å². The van der Waals surface area contributed by atoms with Crippen molar-refractivity contribution >= 4 is 0 Å². The fourth-order valence-electron chi connectivity index (χ4n) is 3.37. The highest BCUT2D eigenvalue weighted by Crippen LogP contribution is 2.26. The van der Waals surface area contributed by atoms with Crippen LogP contribution in [0.5, 0.6) is 5.75 Å². The quantitative estimate of drug-likeness (QED) is 0.824. The third kappa shape index (κ3) is 4.18. The highest BCUT2D eigenvalue weighted by molar-refractivity contribution is 5.29. The van der Waals surface area contributed by atoms with E-state index in [1.165, 1.54) is 37.2 Å². The molecule has 1 fully saturated rings. The smallest absolute Gasteiger partial charge is 0.130 e. The molecule has 0 bridgehead atoms. The van der Waals surface area contributed by atoms with Crippen LogP contribution in [0.15, 0.2) is 30.3 Å². The minimum atomic E-state index is 0.541. The Morgan fingerprint density at radius 3 is 2.79 bits per heavy atom. The number of ether oxygens (including phenoxy) is 1. The minimum absolute atomic E-state index is 0.541. The number of hydrogen-bond donors (Lipinski definition) is 1. The second-order valence-corrected chi connectivity index (χ2v) is 7.12. The van der Waals surface area contributed by atoms with Gasteiger partial charge in [-0.1, -0.05) is 32.9 Å². The first-order chi connectivity index (χ1) is 11.7. The molecule has 0 spiro atoms. The van der Waals surface area contributed by atoms with Gasteiger partial charge in [0.2, 0.25) is 0 Å². The first-order valence-electron chi connectivity index (χ1n) is 9.15. The van der Waals surface area contributed by atoms with Crippen molar-refractivity contribution in [1.82, 2.24) is 15.1 Å². The van der Waals surface area contributed by atoms with E-state index in [9.17, 15) is 0 Å². The van der Waals surface area contributed by atoms with Crippen LogP contribution in [-0.4, -0.2) is 34.7 Å². The summed E-state index contributed by atoms with van der Waals surface area (Å²) >= 11 is 0. The maximum absolute atomic E-state index is 5.88. The van der Waals surface area contributed by atoms with Crippen molar-refractivity contribution in [3.8, 4) is 5.75 Å². The molecular formula is C20H29N3O. The summed E-state index contributed by atoms with van der Waals surface area (Å²) in [6.45, 7) is 10.7. The molecule has 2 aromatic rings. The van der Waals surface area contributed by atoms with Crippen molar-refractivity contribution < 1.29 is 4.74 Å². The molecule has 0 saturated carbocycles. The average molecular weight is 327 g/mol. The van der Waals surface area contributed by atoms with Gasteiger partial charge in [0.05, 0.1) is 11.4 Å². The van der Waals surface area contributed by atoms with Crippen molar-refractivity contribution in [3.05, 3.63) is 47.3 Å². The van der Waals surface area contributed by atoms with Crippen LogP contribution >= 0.6 is 0 Å². The fraction of sp³-hybridized carbons (Fsp3) is 0.550. The minimum Gasteiger partial charge on any atom is -0.487 e. The monoisotopic (exact) mass is 327 g/mol. The third-order valence-electron chi connectivity index (χ3n) is 4.82. The van der Waals surface area contributed by atoms with Crippen LogP contribution in [0.4, 0.5) is 0 Å². The molecule has 1 saturated heterocycles. The zero-order valence-electron chi connectivity index (χ0n) is 15.1. The van der Waals surface area contributed by atoms with Crippen LogP contribution in [0, 0.1) is 0 Å². The number of nitrogens with zero attached hydrogens (tertiary/aromatic N) is 2. The summed E-state index contributed by atoms with van der Waals surface area (Å²) in [6, 6.07) is 10.5. The maximum Gasteiger partial charge on any atom is 0.130 e. The van der Waals surface area contributed by atoms with Crippen LogP contribution in [0.25, 0.3) is 0 Å². The molecule has 24 heavy (non-hydrogen) atoms. The van der Waals surface area contributed by atoms with Gasteiger partial charge in [-0.3, -0.25) is 5.10 Å². The Kier molecular flexibility index (Phi) is 5.56. The third-order valence-corrected chi connectivity index (χ3v) is 4.82. The summed E-state index contributed by atoms with van der Waals surface area (Å²) in [5.74, 6) is 2.02. The molecule has 1 aromatic heterocycles. The summed E-state index contributed by atoms with van der Waals surface area (Å²) in [5, 5.41) is 7.65. The van der Waals surface area contributed by atoms with E-state index in [1.54, 1.807) is 0 Å². The van der Waals surface area contributed by atoms with Crippen molar-refractivity contribution in [2.75, 3.05) is 19.6 Å². The molecule has 0 aliphatic carbocycles. The standard InChI is InChI=1S/C20H29N3O/c1-4-10-23-11-9-17(13-23)20-12-18(21-22-20)14-24-19-7-5-16(6-8-19)15(2)3/h5-8,12,15,17H,4,9-11,13-14H2,1-3H3,(H,21,22)/t17-/m0/s1. The number of hydrogen-bond acceptors (Lipinski definition) is 3. The molecule has 3 rings (SSSR count). The van der Waals surface area contributed by atoms with E-state index in [2.05, 4.69) is 54.1 Å². The van der Waals surface area contributed by atoms with Crippen LogP contribution in [0.2, 0.25) is 0 Å². The predicted octanol–water partition coefficient (Wildman–Crippen LogP) is 4.31. The molecule has 1 atom stereocenters. The number of benzene rings is 1. The van der Waals surface area contributed by atoms with Gasteiger partial charge in [-0.15, -0.1) is 0 Å². The van der Waals surface area contributed by atoms with Gasteiger partial charge in [-0.25, -0.2) is 0 Å². The van der Waals surface area contributed by atoms with Crippen LogP contribution in [0.3, 0.4) is 0 Å². The zero-order chi connectivity index (χ0) is 16.9. The summed E-state index contributed by atoms with van der Waals surface area (Å²) in [5.41, 5.74) is 3.57. The highest BCUT2D eigenvalue weighted by Gasteiger charge is 2.25. The molecule has 4 heteroatoms. The predicted molar refractivity (Wildman–Crippen MR) is 97.5 cm³/mol. The number of rotatable bonds is 7. The Hall–Kier alpha value is -1.81. The average Bonchev–Trinajstić information content (AvgIpc) is 3.23. The van der Waals surface area contributed by atoms with Gasteiger partial charge < -0.3 is 9.64 Å². The second-order valence-electron chi connectivity index (χ2n) is 7.12. The lowest BCUT2D eigenvalue weighted by Gasteiger charge is -2.13. The van der Waals surface area contributed by atoms with Gasteiger partial charge in [0.1, 0.15) is 12.4 Å². The van der Waals surface area contributed by atoms with E-state index in [1.807, 2.05) is 12.1 Å². The van der Waals surface area contributed by atoms with Crippen molar-refractivity contribution in [3.63, 3.8) is 0 Å². The molecule has 4 nitrogen and oxygen atoms in total. The number of aromatic nitrogens is 2. The molecule has 1 aromatic carbocycles. The molecule has 0 radical (unpaired) electrons. The van der Waals surface area contributed by atoms with Gasteiger partial charge >= 0.3 is 0 Å². The zero-order valence-corrected chi connectivity index (χ0v) is 15.1. The van der Waals surface area contributed by atoms with Crippen LogP contribution < -0.4 is 4.74 Å². The first kappa shape index (κ1) is 17.0. The van der Waals surface area contributed by atoms with E-state index in [0.717, 1.165) is 18.0 Å². The number of aromatic amines is 1. The number of likely N-dealkylation sites (tertiary alicyclic amines) is 1. The Labute approximate surface area is 145 Å². The highest BCUT2D eigenvalue weighted by atomic mass is 16.5.